The van der Waals surface area contributed by atoms with E-state index in [1.807, 2.05) is 31.2 Å². The third-order valence-corrected chi connectivity index (χ3v) is 4.54. The van der Waals surface area contributed by atoms with E-state index in [1.165, 1.54) is 0 Å². The van der Waals surface area contributed by atoms with Crippen molar-refractivity contribution in [1.29, 1.82) is 0 Å². The van der Waals surface area contributed by atoms with Gasteiger partial charge in [0.15, 0.2) is 5.78 Å². The number of ketones is 1. The number of hydrogen-bond acceptors (Lipinski definition) is 4. The second-order valence-corrected chi connectivity index (χ2v) is 6.59. The summed E-state index contributed by atoms with van der Waals surface area (Å²) in [6.45, 7) is 1.95. The van der Waals surface area contributed by atoms with Crippen molar-refractivity contribution in [3.05, 3.63) is 64.7 Å². The number of rotatable bonds is 6. The van der Waals surface area contributed by atoms with Gasteiger partial charge in [0, 0.05) is 21.9 Å². The van der Waals surface area contributed by atoms with Gasteiger partial charge in [0.2, 0.25) is 0 Å². The normalized spacial score (nSPS) is 11.9. The molecule has 5 heteroatoms. The van der Waals surface area contributed by atoms with E-state index in [0.29, 0.717) is 10.6 Å². The van der Waals surface area contributed by atoms with Crippen LogP contribution in [0, 0.1) is 6.92 Å². The highest BCUT2D eigenvalue weighted by Crippen LogP contribution is 2.26. The van der Waals surface area contributed by atoms with Gasteiger partial charge in [-0.15, -0.1) is 11.8 Å². The lowest BCUT2D eigenvalue weighted by atomic mass is 10.1. The summed E-state index contributed by atoms with van der Waals surface area (Å²) in [5.41, 5.74) is 1.53. The number of carboxylic acid groups (broad SMARTS) is 1. The quantitative estimate of drug-likeness (QED) is 0.602. The van der Waals surface area contributed by atoms with E-state index in [-0.39, 0.29) is 12.2 Å². The lowest BCUT2D eigenvalue weighted by molar-refractivity contribution is -0.304. The van der Waals surface area contributed by atoms with Crippen molar-refractivity contribution < 1.29 is 14.7 Å². The molecule has 3 nitrogen and oxygen atoms in total. The van der Waals surface area contributed by atoms with Gasteiger partial charge in [-0.05, 0) is 43.3 Å². The Labute approximate surface area is 138 Å². The number of hydrogen-bond donors (Lipinski definition) is 0. The molecule has 0 heterocycles. The molecule has 0 radical (unpaired) electrons. The minimum atomic E-state index is -1.24. The first kappa shape index (κ1) is 16.6. The van der Waals surface area contributed by atoms with Gasteiger partial charge in [0.25, 0.3) is 0 Å². The van der Waals surface area contributed by atoms with Crippen LogP contribution in [0.15, 0.2) is 53.4 Å². The molecule has 0 saturated heterocycles. The highest BCUT2D eigenvalue weighted by atomic mass is 35.5. The van der Waals surface area contributed by atoms with Crippen LogP contribution in [0.5, 0.6) is 0 Å². The van der Waals surface area contributed by atoms with Gasteiger partial charge in [-0.2, -0.15) is 0 Å². The smallest absolute Gasteiger partial charge is 0.164 e. The molecule has 0 saturated carbocycles. The van der Waals surface area contributed by atoms with Crippen LogP contribution in [-0.4, -0.2) is 17.0 Å². The van der Waals surface area contributed by atoms with Gasteiger partial charge >= 0.3 is 0 Å². The molecule has 0 aromatic heterocycles. The number of carboxylic acids is 1. The topological polar surface area (TPSA) is 57.2 Å². The largest absolute Gasteiger partial charge is 0.549 e. The molecule has 1 atom stereocenters. The van der Waals surface area contributed by atoms with Gasteiger partial charge < -0.3 is 9.90 Å². The number of carbonyl (C=O) groups excluding carboxylic acids is 2. The average Bonchev–Trinajstić information content (AvgIpc) is 2.49. The number of thioether (sulfide) groups is 1. The number of benzene rings is 2. The first-order valence-corrected chi connectivity index (χ1v) is 7.94. The average molecular weight is 334 g/mol. The maximum Gasteiger partial charge on any atom is 0.164 e. The third-order valence-electron chi connectivity index (χ3n) is 3.10. The molecule has 0 aliphatic rings. The van der Waals surface area contributed by atoms with E-state index < -0.39 is 11.2 Å². The van der Waals surface area contributed by atoms with Crippen molar-refractivity contribution >= 4 is 35.1 Å². The molecule has 0 aliphatic carbocycles. The number of aliphatic carboxylic acids is 1. The molecule has 0 fully saturated rings. The van der Waals surface area contributed by atoms with Crippen molar-refractivity contribution in [1.82, 2.24) is 0 Å². The third kappa shape index (κ3) is 4.61. The summed E-state index contributed by atoms with van der Waals surface area (Å²) in [5, 5.41) is 10.9. The highest BCUT2D eigenvalue weighted by molar-refractivity contribution is 8.00. The van der Waals surface area contributed by atoms with E-state index in [2.05, 4.69) is 0 Å². The van der Waals surface area contributed by atoms with Gasteiger partial charge in [-0.25, -0.2) is 0 Å². The maximum absolute atomic E-state index is 12.2. The molecule has 0 bridgehead atoms. The Morgan fingerprint density at radius 2 is 1.68 bits per heavy atom. The van der Waals surface area contributed by atoms with Crippen molar-refractivity contribution in [3.8, 4) is 0 Å². The van der Waals surface area contributed by atoms with Crippen LogP contribution in [0.25, 0.3) is 0 Å². The van der Waals surface area contributed by atoms with Gasteiger partial charge in [-0.3, -0.25) is 4.79 Å². The lowest BCUT2D eigenvalue weighted by Crippen LogP contribution is -2.35. The molecular formula is C17H14ClO3S-. The standard InChI is InChI=1S/C17H15ClO3S/c1-11-2-8-14(9-3-11)22-16(17(20)21)10-15(19)12-4-6-13(18)7-5-12/h2-9,16H,10H2,1H3,(H,20,21)/p-1/t16-/m0/s1. The molecule has 0 spiro atoms. The van der Waals surface area contributed by atoms with Crippen LogP contribution in [0.2, 0.25) is 5.02 Å². The zero-order chi connectivity index (χ0) is 16.1. The molecule has 0 N–H and O–H groups in total. The summed E-state index contributed by atoms with van der Waals surface area (Å²) < 4.78 is 0. The van der Waals surface area contributed by atoms with Crippen LogP contribution in [0.1, 0.15) is 22.3 Å². The van der Waals surface area contributed by atoms with Crippen LogP contribution in [0.4, 0.5) is 0 Å². The molecule has 2 rings (SSSR count). The first-order chi connectivity index (χ1) is 10.5. The minimum absolute atomic E-state index is 0.123. The van der Waals surface area contributed by atoms with Gasteiger partial charge in [0.1, 0.15) is 0 Å². The molecule has 0 amide bonds. The van der Waals surface area contributed by atoms with Crippen molar-refractivity contribution in [2.45, 2.75) is 23.5 Å². The van der Waals surface area contributed by atoms with Crippen LogP contribution >= 0.6 is 23.4 Å². The molecule has 2 aromatic carbocycles. The summed E-state index contributed by atoms with van der Waals surface area (Å²) in [6, 6.07) is 13.9. The Morgan fingerprint density at radius 3 is 2.23 bits per heavy atom. The summed E-state index contributed by atoms with van der Waals surface area (Å²) in [5.74, 6) is -1.49. The van der Waals surface area contributed by atoms with Gasteiger partial charge in [0.05, 0.1) is 11.2 Å². The summed E-state index contributed by atoms with van der Waals surface area (Å²) in [6.07, 6.45) is -0.123. The van der Waals surface area contributed by atoms with E-state index in [4.69, 9.17) is 11.6 Å². The first-order valence-electron chi connectivity index (χ1n) is 6.68. The Bertz CT molecular complexity index is 665. The summed E-state index contributed by atoms with van der Waals surface area (Å²) in [4.78, 5) is 24.2. The fourth-order valence-corrected chi connectivity index (χ4v) is 2.95. The van der Waals surface area contributed by atoms with Crippen LogP contribution in [-0.2, 0) is 4.79 Å². The van der Waals surface area contributed by atoms with Crippen molar-refractivity contribution in [2.75, 3.05) is 0 Å². The van der Waals surface area contributed by atoms with E-state index in [9.17, 15) is 14.7 Å². The van der Waals surface area contributed by atoms with Crippen LogP contribution < -0.4 is 5.11 Å². The number of Topliss-reactive ketones (excluding diaryl/α,β-unsaturated/α-hetero) is 1. The second-order valence-electron chi connectivity index (χ2n) is 4.87. The Morgan fingerprint density at radius 1 is 1.09 bits per heavy atom. The molecule has 22 heavy (non-hydrogen) atoms. The molecule has 0 aliphatic heterocycles. The maximum atomic E-state index is 12.2. The number of carbonyl (C=O) groups is 2. The SMILES string of the molecule is Cc1ccc(S[C@@H](CC(=O)c2ccc(Cl)cc2)C(=O)[O-])cc1. The van der Waals surface area contributed by atoms with E-state index in [0.717, 1.165) is 22.2 Å². The fraction of sp³-hybridized carbons (Fsp3) is 0.176. The Balaban J connectivity index is 2.08. The Kier molecular flexibility index (Phi) is 5.63. The number of halogens is 1. The van der Waals surface area contributed by atoms with Crippen molar-refractivity contribution in [3.63, 3.8) is 0 Å². The monoisotopic (exact) mass is 333 g/mol. The molecule has 2 aromatic rings. The Hall–Kier alpha value is -1.78. The molecule has 0 unspecified atom stereocenters. The zero-order valence-corrected chi connectivity index (χ0v) is 13.5. The second kappa shape index (κ2) is 7.47. The lowest BCUT2D eigenvalue weighted by Gasteiger charge is -2.17. The van der Waals surface area contributed by atoms with Gasteiger partial charge in [-0.1, -0.05) is 29.3 Å². The minimum Gasteiger partial charge on any atom is -0.549 e. The van der Waals surface area contributed by atoms with E-state index >= 15 is 0 Å². The zero-order valence-electron chi connectivity index (χ0n) is 11.9. The molecule has 114 valence electrons. The van der Waals surface area contributed by atoms with Crippen molar-refractivity contribution in [2.24, 2.45) is 0 Å². The summed E-state index contributed by atoms with van der Waals surface area (Å²) >= 11 is 6.90. The predicted molar refractivity (Wildman–Crippen MR) is 86.2 cm³/mol. The van der Waals surface area contributed by atoms with E-state index in [1.54, 1.807) is 24.3 Å². The molecular weight excluding hydrogens is 320 g/mol. The predicted octanol–water partition coefficient (Wildman–Crippen LogP) is 3.13. The number of aryl methyl sites for hydroxylation is 1. The van der Waals surface area contributed by atoms with Crippen LogP contribution in [0.3, 0.4) is 0 Å². The highest BCUT2D eigenvalue weighted by Gasteiger charge is 2.18. The fourth-order valence-electron chi connectivity index (χ4n) is 1.88. The summed E-state index contributed by atoms with van der Waals surface area (Å²) in [7, 11) is 0.